The largest absolute Gasteiger partial charge is 0.458 e. The number of hydrogen-bond acceptors (Lipinski definition) is 6. The number of esters is 2. The van der Waals surface area contributed by atoms with Crippen LogP contribution in [0.2, 0.25) is 0 Å². The molecule has 0 bridgehead atoms. The van der Waals surface area contributed by atoms with Crippen LogP contribution < -0.4 is 10.6 Å². The maximum atomic E-state index is 14.0. The lowest BCUT2D eigenvalue weighted by Crippen LogP contribution is -2.48. The first kappa shape index (κ1) is 33.9. The van der Waals surface area contributed by atoms with Gasteiger partial charge in [-0.1, -0.05) is 97.1 Å². The number of rotatable bonds is 10. The van der Waals surface area contributed by atoms with Crippen molar-refractivity contribution in [3.05, 3.63) is 138 Å². The zero-order valence-electron chi connectivity index (χ0n) is 27.4. The number of carbonyl (C=O) groups is 4. The van der Waals surface area contributed by atoms with Gasteiger partial charge < -0.3 is 25.0 Å². The Kier molecular flexibility index (Phi) is 10.9. The summed E-state index contributed by atoms with van der Waals surface area (Å²) in [5, 5.41) is 5.32. The summed E-state index contributed by atoms with van der Waals surface area (Å²) < 4.78 is 11.2. The van der Waals surface area contributed by atoms with Gasteiger partial charge in [-0.3, -0.25) is 4.79 Å². The molecule has 48 heavy (non-hydrogen) atoms. The van der Waals surface area contributed by atoms with E-state index in [1.165, 1.54) is 6.07 Å². The van der Waals surface area contributed by atoms with Crippen LogP contribution in [-0.4, -0.2) is 47.0 Å². The standard InChI is InChI=1S/C39H41N3O6/c1-39(2,3)48-37(45)33-24-31(22-27-14-7-4-8-15-27)35(29-18-11-6-12-19-29)42(33)34(43)25-40-38(46)41-32-21-13-20-30(23-32)36(44)47-26-28-16-9-5-10-17-28/h4-21,23,31,33,35H,22,24-26H2,1-3H3,(H2,40,41,46)/t31-,33+,35+/m1/s1. The second kappa shape index (κ2) is 15.4. The monoisotopic (exact) mass is 647 g/mol. The third-order valence-corrected chi connectivity index (χ3v) is 8.03. The van der Waals surface area contributed by atoms with Crippen LogP contribution in [-0.2, 0) is 32.1 Å². The molecule has 0 spiro atoms. The molecule has 4 aromatic carbocycles. The Morgan fingerprint density at radius 2 is 1.42 bits per heavy atom. The van der Waals surface area contributed by atoms with Gasteiger partial charge in [-0.2, -0.15) is 0 Å². The number of urea groups is 1. The summed E-state index contributed by atoms with van der Waals surface area (Å²) in [5.74, 6) is -1.50. The van der Waals surface area contributed by atoms with Gasteiger partial charge in [-0.15, -0.1) is 0 Å². The van der Waals surface area contributed by atoms with Crippen molar-refractivity contribution >= 4 is 29.6 Å². The predicted octanol–water partition coefficient (Wildman–Crippen LogP) is 6.71. The van der Waals surface area contributed by atoms with Crippen LogP contribution in [0.1, 0.15) is 60.3 Å². The third-order valence-electron chi connectivity index (χ3n) is 8.03. The highest BCUT2D eigenvalue weighted by Crippen LogP contribution is 2.43. The van der Waals surface area contributed by atoms with Crippen LogP contribution in [0, 0.1) is 5.92 Å². The lowest BCUT2D eigenvalue weighted by Gasteiger charge is -2.33. The summed E-state index contributed by atoms with van der Waals surface area (Å²) in [6.07, 6.45) is 1.07. The highest BCUT2D eigenvalue weighted by atomic mass is 16.6. The molecule has 1 saturated heterocycles. The number of anilines is 1. The molecule has 4 aromatic rings. The fraction of sp³-hybridized carbons (Fsp3) is 0.282. The topological polar surface area (TPSA) is 114 Å². The van der Waals surface area contributed by atoms with Crippen molar-refractivity contribution in [2.45, 2.75) is 57.9 Å². The average Bonchev–Trinajstić information content (AvgIpc) is 3.46. The van der Waals surface area contributed by atoms with E-state index in [1.54, 1.807) is 43.9 Å². The third kappa shape index (κ3) is 9.09. The summed E-state index contributed by atoms with van der Waals surface area (Å²) in [4.78, 5) is 54.8. The molecule has 0 saturated carbocycles. The Morgan fingerprint density at radius 3 is 2.06 bits per heavy atom. The van der Waals surface area contributed by atoms with Crippen molar-refractivity contribution in [1.29, 1.82) is 0 Å². The molecule has 0 aromatic heterocycles. The van der Waals surface area contributed by atoms with Crippen molar-refractivity contribution in [3.63, 3.8) is 0 Å². The molecular weight excluding hydrogens is 606 g/mol. The molecule has 0 radical (unpaired) electrons. The van der Waals surface area contributed by atoms with Gasteiger partial charge in [0.1, 0.15) is 18.2 Å². The van der Waals surface area contributed by atoms with Crippen LogP contribution >= 0.6 is 0 Å². The normalized spacial score (nSPS) is 17.3. The molecule has 9 nitrogen and oxygen atoms in total. The maximum Gasteiger partial charge on any atom is 0.338 e. The van der Waals surface area contributed by atoms with E-state index in [4.69, 9.17) is 9.47 Å². The number of nitrogens with one attached hydrogen (secondary N) is 2. The molecule has 2 N–H and O–H groups in total. The fourth-order valence-electron chi connectivity index (χ4n) is 6.01. The van der Waals surface area contributed by atoms with E-state index in [0.29, 0.717) is 18.5 Å². The Bertz CT molecular complexity index is 1710. The first-order chi connectivity index (χ1) is 23.1. The van der Waals surface area contributed by atoms with E-state index in [2.05, 4.69) is 10.6 Å². The van der Waals surface area contributed by atoms with Gasteiger partial charge in [-0.05, 0) is 74.4 Å². The molecule has 0 aliphatic carbocycles. The molecule has 1 aliphatic heterocycles. The molecule has 1 aliphatic rings. The zero-order valence-corrected chi connectivity index (χ0v) is 27.4. The van der Waals surface area contributed by atoms with Gasteiger partial charge in [0.25, 0.3) is 0 Å². The number of ether oxygens (including phenoxy) is 2. The number of nitrogens with zero attached hydrogens (tertiary/aromatic N) is 1. The van der Waals surface area contributed by atoms with E-state index >= 15 is 0 Å². The summed E-state index contributed by atoms with van der Waals surface area (Å²) in [5.41, 5.74) is 2.74. The van der Waals surface area contributed by atoms with Crippen molar-refractivity contribution in [1.82, 2.24) is 10.2 Å². The van der Waals surface area contributed by atoms with Gasteiger partial charge >= 0.3 is 18.0 Å². The Labute approximate surface area is 281 Å². The summed E-state index contributed by atoms with van der Waals surface area (Å²) in [6, 6.07) is 33.4. The first-order valence-electron chi connectivity index (χ1n) is 16.1. The van der Waals surface area contributed by atoms with E-state index in [-0.39, 0.29) is 24.6 Å². The average molecular weight is 648 g/mol. The summed E-state index contributed by atoms with van der Waals surface area (Å²) in [7, 11) is 0. The lowest BCUT2D eigenvalue weighted by molar-refractivity contribution is -0.164. The van der Waals surface area contributed by atoms with Gasteiger partial charge in [0.15, 0.2) is 0 Å². The smallest absolute Gasteiger partial charge is 0.338 e. The highest BCUT2D eigenvalue weighted by molar-refractivity contribution is 5.96. The molecule has 3 atom stereocenters. The van der Waals surface area contributed by atoms with E-state index in [0.717, 1.165) is 16.7 Å². The van der Waals surface area contributed by atoms with Gasteiger partial charge in [0.2, 0.25) is 5.91 Å². The molecular formula is C39H41N3O6. The quantitative estimate of drug-likeness (QED) is 0.185. The molecule has 1 heterocycles. The van der Waals surface area contributed by atoms with Crippen molar-refractivity contribution in [3.8, 4) is 0 Å². The van der Waals surface area contributed by atoms with Crippen LogP contribution in [0.25, 0.3) is 0 Å². The second-order valence-corrected chi connectivity index (χ2v) is 12.8. The van der Waals surface area contributed by atoms with E-state index in [9.17, 15) is 19.2 Å². The van der Waals surface area contributed by atoms with Gasteiger partial charge in [0.05, 0.1) is 18.2 Å². The van der Waals surface area contributed by atoms with Crippen molar-refractivity contribution < 1.29 is 28.7 Å². The zero-order chi connectivity index (χ0) is 34.1. The minimum Gasteiger partial charge on any atom is -0.458 e. The van der Waals surface area contributed by atoms with E-state index < -0.39 is 41.6 Å². The minimum absolute atomic E-state index is 0.0746. The number of likely N-dealkylation sites (tertiary alicyclic amines) is 1. The summed E-state index contributed by atoms with van der Waals surface area (Å²) >= 11 is 0. The maximum absolute atomic E-state index is 14.0. The minimum atomic E-state index is -0.834. The molecule has 5 rings (SSSR count). The van der Waals surface area contributed by atoms with Crippen molar-refractivity contribution in [2.24, 2.45) is 5.92 Å². The lowest BCUT2D eigenvalue weighted by atomic mass is 9.87. The van der Waals surface area contributed by atoms with Gasteiger partial charge in [0, 0.05) is 5.69 Å². The SMILES string of the molecule is CC(C)(C)OC(=O)[C@@H]1C[C@@H](Cc2ccccc2)[C@H](c2ccccc2)N1C(=O)CNC(=O)Nc1cccc(C(=O)OCc2ccccc2)c1. The molecule has 3 amide bonds. The number of hydrogen-bond donors (Lipinski definition) is 2. The molecule has 1 fully saturated rings. The fourth-order valence-corrected chi connectivity index (χ4v) is 6.01. The highest BCUT2D eigenvalue weighted by Gasteiger charge is 2.48. The van der Waals surface area contributed by atoms with Crippen LogP contribution in [0.4, 0.5) is 10.5 Å². The number of amides is 3. The Morgan fingerprint density at radius 1 is 0.792 bits per heavy atom. The molecule has 248 valence electrons. The number of carbonyl (C=O) groups excluding carboxylic acids is 4. The van der Waals surface area contributed by atoms with Crippen LogP contribution in [0.15, 0.2) is 115 Å². The predicted molar refractivity (Wildman–Crippen MR) is 183 cm³/mol. The second-order valence-electron chi connectivity index (χ2n) is 12.8. The molecule has 9 heteroatoms. The number of benzene rings is 4. The Balaban J connectivity index is 1.29. The van der Waals surface area contributed by atoms with E-state index in [1.807, 2.05) is 91.0 Å². The van der Waals surface area contributed by atoms with Crippen LogP contribution in [0.5, 0.6) is 0 Å². The van der Waals surface area contributed by atoms with Crippen LogP contribution in [0.3, 0.4) is 0 Å². The first-order valence-corrected chi connectivity index (χ1v) is 16.1. The van der Waals surface area contributed by atoms with Crippen molar-refractivity contribution in [2.75, 3.05) is 11.9 Å². The molecule has 0 unspecified atom stereocenters. The summed E-state index contributed by atoms with van der Waals surface area (Å²) in [6.45, 7) is 5.16. The van der Waals surface area contributed by atoms with Gasteiger partial charge in [-0.25, -0.2) is 14.4 Å². The Hall–Kier alpha value is -5.44.